The van der Waals surface area contributed by atoms with Crippen molar-refractivity contribution in [3.8, 4) is 5.88 Å². The molecule has 2 rings (SSSR count). The first-order valence-electron chi connectivity index (χ1n) is 7.07. The molecule has 0 fully saturated rings. The van der Waals surface area contributed by atoms with E-state index in [2.05, 4.69) is 38.1 Å². The summed E-state index contributed by atoms with van der Waals surface area (Å²) in [5.74, 6) is 2.29. The molecule has 0 aliphatic heterocycles. The van der Waals surface area contributed by atoms with Gasteiger partial charge in [-0.3, -0.25) is 0 Å². The molecule has 1 aromatic heterocycles. The van der Waals surface area contributed by atoms with Gasteiger partial charge in [0.2, 0.25) is 5.88 Å². The molecule has 0 spiro atoms. The van der Waals surface area contributed by atoms with Crippen LogP contribution in [0.2, 0.25) is 0 Å². The number of anilines is 1. The van der Waals surface area contributed by atoms with Gasteiger partial charge in [0.1, 0.15) is 18.2 Å². The molecule has 1 heterocycles. The lowest BCUT2D eigenvalue weighted by Crippen LogP contribution is -2.07. The highest BCUT2D eigenvalue weighted by atomic mass is 79.9. The van der Waals surface area contributed by atoms with Crippen molar-refractivity contribution in [3.63, 3.8) is 0 Å². The second kappa shape index (κ2) is 7.41. The van der Waals surface area contributed by atoms with Crippen LogP contribution in [0.1, 0.15) is 30.3 Å². The third-order valence-corrected chi connectivity index (χ3v) is 3.95. The Balaban J connectivity index is 2.22. The van der Waals surface area contributed by atoms with Crippen molar-refractivity contribution < 1.29 is 4.74 Å². The van der Waals surface area contributed by atoms with Crippen LogP contribution in [0.4, 0.5) is 5.82 Å². The third kappa shape index (κ3) is 3.94. The number of nitrogens with one attached hydrogen (secondary N) is 1. The lowest BCUT2D eigenvalue weighted by molar-refractivity contribution is 0.289. The van der Waals surface area contributed by atoms with E-state index in [1.54, 1.807) is 0 Å². The van der Waals surface area contributed by atoms with Crippen molar-refractivity contribution in [1.82, 2.24) is 9.97 Å². The molecule has 0 saturated carbocycles. The van der Waals surface area contributed by atoms with E-state index >= 15 is 0 Å². The standard InChI is InChI=1S/C16H20BrN3O/c1-4-7-14-19-15(18-3)11(2)16(20-14)21-10-12-8-5-6-9-13(12)17/h5-6,8-9H,4,7,10H2,1-3H3,(H,18,19,20). The summed E-state index contributed by atoms with van der Waals surface area (Å²) in [5, 5.41) is 3.10. The summed E-state index contributed by atoms with van der Waals surface area (Å²) in [4.78, 5) is 9.03. The van der Waals surface area contributed by atoms with Crippen LogP contribution < -0.4 is 10.1 Å². The maximum absolute atomic E-state index is 5.91. The Morgan fingerprint density at radius 1 is 1.24 bits per heavy atom. The first kappa shape index (κ1) is 15.8. The minimum atomic E-state index is 0.480. The summed E-state index contributed by atoms with van der Waals surface area (Å²) in [6.07, 6.45) is 1.86. The Bertz CT molecular complexity index is 616. The molecule has 0 amide bonds. The van der Waals surface area contributed by atoms with Crippen molar-refractivity contribution in [2.24, 2.45) is 0 Å². The average molecular weight is 350 g/mol. The van der Waals surface area contributed by atoms with Gasteiger partial charge in [-0.2, -0.15) is 4.98 Å². The minimum absolute atomic E-state index is 0.480. The summed E-state index contributed by atoms with van der Waals surface area (Å²) >= 11 is 3.53. The van der Waals surface area contributed by atoms with Crippen molar-refractivity contribution in [2.75, 3.05) is 12.4 Å². The van der Waals surface area contributed by atoms with Crippen LogP contribution in [-0.2, 0) is 13.0 Å². The van der Waals surface area contributed by atoms with Gasteiger partial charge < -0.3 is 10.1 Å². The van der Waals surface area contributed by atoms with Crippen LogP contribution in [-0.4, -0.2) is 17.0 Å². The zero-order valence-electron chi connectivity index (χ0n) is 12.6. The third-order valence-electron chi connectivity index (χ3n) is 3.18. The van der Waals surface area contributed by atoms with Crippen molar-refractivity contribution in [3.05, 3.63) is 45.7 Å². The fraction of sp³-hybridized carbons (Fsp3) is 0.375. The van der Waals surface area contributed by atoms with Crippen LogP contribution in [0, 0.1) is 6.92 Å². The van der Waals surface area contributed by atoms with Crippen molar-refractivity contribution in [1.29, 1.82) is 0 Å². The molecule has 4 nitrogen and oxygen atoms in total. The highest BCUT2D eigenvalue weighted by Gasteiger charge is 2.11. The van der Waals surface area contributed by atoms with Gasteiger partial charge in [-0.1, -0.05) is 41.1 Å². The molecule has 0 bridgehead atoms. The quantitative estimate of drug-likeness (QED) is 0.851. The van der Waals surface area contributed by atoms with Gasteiger partial charge in [-0.25, -0.2) is 4.98 Å². The number of hydrogen-bond donors (Lipinski definition) is 1. The van der Waals surface area contributed by atoms with Gasteiger partial charge >= 0.3 is 0 Å². The van der Waals surface area contributed by atoms with E-state index in [0.29, 0.717) is 12.5 Å². The fourth-order valence-electron chi connectivity index (χ4n) is 2.02. The molecule has 0 radical (unpaired) electrons. The number of halogens is 1. The minimum Gasteiger partial charge on any atom is -0.472 e. The monoisotopic (exact) mass is 349 g/mol. The molecule has 1 aromatic carbocycles. The number of nitrogens with zero attached hydrogens (tertiary/aromatic N) is 2. The molecule has 21 heavy (non-hydrogen) atoms. The SMILES string of the molecule is CCCc1nc(NC)c(C)c(OCc2ccccc2Br)n1. The van der Waals surface area contributed by atoms with Crippen LogP contribution in [0.15, 0.2) is 28.7 Å². The first-order chi connectivity index (χ1) is 10.2. The van der Waals surface area contributed by atoms with E-state index in [-0.39, 0.29) is 0 Å². The molecule has 0 saturated heterocycles. The van der Waals surface area contributed by atoms with E-state index in [0.717, 1.165) is 40.1 Å². The molecule has 112 valence electrons. The smallest absolute Gasteiger partial charge is 0.222 e. The normalized spacial score (nSPS) is 10.5. The largest absolute Gasteiger partial charge is 0.472 e. The predicted octanol–water partition coefficient (Wildman–Crippen LogP) is 4.12. The zero-order chi connectivity index (χ0) is 15.2. The number of rotatable bonds is 6. The van der Waals surface area contributed by atoms with Crippen molar-refractivity contribution >= 4 is 21.7 Å². The summed E-state index contributed by atoms with van der Waals surface area (Å²) in [6, 6.07) is 8.03. The summed E-state index contributed by atoms with van der Waals surface area (Å²) in [6.45, 7) is 4.56. The molecule has 0 aliphatic carbocycles. The highest BCUT2D eigenvalue weighted by Crippen LogP contribution is 2.24. The van der Waals surface area contributed by atoms with E-state index in [4.69, 9.17) is 4.74 Å². The Morgan fingerprint density at radius 3 is 2.67 bits per heavy atom. The van der Waals surface area contributed by atoms with Crippen LogP contribution in [0.5, 0.6) is 5.88 Å². The Morgan fingerprint density at radius 2 is 2.00 bits per heavy atom. The van der Waals surface area contributed by atoms with Gasteiger partial charge in [-0.15, -0.1) is 0 Å². The Kier molecular flexibility index (Phi) is 5.56. The average Bonchev–Trinajstić information content (AvgIpc) is 2.49. The summed E-state index contributed by atoms with van der Waals surface area (Å²) in [7, 11) is 1.86. The molecule has 5 heteroatoms. The number of aromatic nitrogens is 2. The molecular formula is C16H20BrN3O. The topological polar surface area (TPSA) is 47.0 Å². The number of ether oxygens (including phenoxy) is 1. The fourth-order valence-corrected chi connectivity index (χ4v) is 2.42. The van der Waals surface area contributed by atoms with Crippen LogP contribution >= 0.6 is 15.9 Å². The molecule has 2 aromatic rings. The summed E-state index contributed by atoms with van der Waals surface area (Å²) < 4.78 is 6.95. The number of aryl methyl sites for hydroxylation is 1. The van der Waals surface area contributed by atoms with E-state index < -0.39 is 0 Å². The zero-order valence-corrected chi connectivity index (χ0v) is 14.2. The van der Waals surface area contributed by atoms with E-state index in [9.17, 15) is 0 Å². The predicted molar refractivity (Wildman–Crippen MR) is 88.8 cm³/mol. The summed E-state index contributed by atoms with van der Waals surface area (Å²) in [5.41, 5.74) is 2.03. The molecule has 1 N–H and O–H groups in total. The molecule has 0 atom stereocenters. The van der Waals surface area contributed by atoms with Gasteiger partial charge in [0, 0.05) is 23.5 Å². The maximum Gasteiger partial charge on any atom is 0.222 e. The second-order valence-electron chi connectivity index (χ2n) is 4.80. The lowest BCUT2D eigenvalue weighted by atomic mass is 10.2. The van der Waals surface area contributed by atoms with Crippen molar-refractivity contribution in [2.45, 2.75) is 33.3 Å². The molecule has 0 aliphatic rings. The van der Waals surface area contributed by atoms with E-state index in [1.165, 1.54) is 0 Å². The van der Waals surface area contributed by atoms with Gasteiger partial charge in [-0.05, 0) is 19.4 Å². The van der Waals surface area contributed by atoms with Gasteiger partial charge in [0.05, 0.1) is 5.56 Å². The number of hydrogen-bond acceptors (Lipinski definition) is 4. The molecular weight excluding hydrogens is 330 g/mol. The first-order valence-corrected chi connectivity index (χ1v) is 7.86. The second-order valence-corrected chi connectivity index (χ2v) is 5.65. The highest BCUT2D eigenvalue weighted by molar-refractivity contribution is 9.10. The molecule has 0 unspecified atom stereocenters. The Hall–Kier alpha value is -1.62. The van der Waals surface area contributed by atoms with Crippen LogP contribution in [0.25, 0.3) is 0 Å². The number of benzene rings is 1. The maximum atomic E-state index is 5.91. The van der Waals surface area contributed by atoms with E-state index in [1.807, 2.05) is 38.2 Å². The van der Waals surface area contributed by atoms with Gasteiger partial charge in [0.25, 0.3) is 0 Å². The lowest BCUT2D eigenvalue weighted by Gasteiger charge is -2.13. The van der Waals surface area contributed by atoms with Gasteiger partial charge in [0.15, 0.2) is 0 Å². The van der Waals surface area contributed by atoms with Crippen LogP contribution in [0.3, 0.4) is 0 Å². The Labute approximate surface area is 134 Å².